The summed E-state index contributed by atoms with van der Waals surface area (Å²) in [7, 11) is 0. The lowest BCUT2D eigenvalue weighted by Crippen LogP contribution is -2.16. The summed E-state index contributed by atoms with van der Waals surface area (Å²) in [5.41, 5.74) is 1.19. The highest BCUT2D eigenvalue weighted by Gasteiger charge is 2.02. The maximum Gasteiger partial charge on any atom is 0.0949 e. The molecule has 3 nitrogen and oxygen atoms in total. The molecule has 1 N–H and O–H groups in total. The van der Waals surface area contributed by atoms with Crippen LogP contribution in [0.4, 0.5) is 0 Å². The molecule has 1 heterocycles. The summed E-state index contributed by atoms with van der Waals surface area (Å²) in [5, 5.41) is 3.31. The number of aromatic nitrogens is 2. The Hall–Kier alpha value is -0.830. The van der Waals surface area contributed by atoms with Crippen LogP contribution in [-0.2, 0) is 13.0 Å². The van der Waals surface area contributed by atoms with E-state index < -0.39 is 0 Å². The molecule has 1 atom stereocenters. The summed E-state index contributed by atoms with van der Waals surface area (Å²) >= 11 is 0. The molecule has 0 fully saturated rings. The fraction of sp³-hybridized carbons (Fsp3) is 0.750. The van der Waals surface area contributed by atoms with Crippen molar-refractivity contribution in [2.24, 2.45) is 5.92 Å². The molecule has 1 aromatic rings. The number of likely N-dealkylation sites (N-methyl/N-ethyl adjacent to an activating group) is 1. The van der Waals surface area contributed by atoms with Crippen LogP contribution in [0, 0.1) is 5.92 Å². The maximum atomic E-state index is 4.40. The van der Waals surface area contributed by atoms with Crippen molar-refractivity contribution in [2.75, 3.05) is 13.1 Å². The first-order valence-corrected chi connectivity index (χ1v) is 5.97. The van der Waals surface area contributed by atoms with Gasteiger partial charge in [0.05, 0.1) is 12.0 Å². The van der Waals surface area contributed by atoms with Crippen molar-refractivity contribution >= 4 is 0 Å². The van der Waals surface area contributed by atoms with Gasteiger partial charge in [-0.05, 0) is 12.5 Å². The zero-order chi connectivity index (χ0) is 11.1. The molecular weight excluding hydrogens is 186 g/mol. The molecule has 86 valence electrons. The second-order valence-electron chi connectivity index (χ2n) is 4.18. The van der Waals surface area contributed by atoms with E-state index in [4.69, 9.17) is 0 Å². The molecule has 0 amide bonds. The van der Waals surface area contributed by atoms with E-state index in [0.29, 0.717) is 0 Å². The van der Waals surface area contributed by atoms with Gasteiger partial charge in [0, 0.05) is 25.7 Å². The Morgan fingerprint density at radius 2 is 2.27 bits per heavy atom. The Labute approximate surface area is 92.9 Å². The quantitative estimate of drug-likeness (QED) is 0.697. The van der Waals surface area contributed by atoms with Crippen LogP contribution < -0.4 is 5.32 Å². The molecule has 0 aliphatic heterocycles. The molecule has 0 spiro atoms. The van der Waals surface area contributed by atoms with Gasteiger partial charge in [-0.3, -0.25) is 0 Å². The fourth-order valence-corrected chi connectivity index (χ4v) is 1.52. The Morgan fingerprint density at radius 1 is 1.47 bits per heavy atom. The van der Waals surface area contributed by atoms with Crippen molar-refractivity contribution < 1.29 is 0 Å². The molecule has 0 aliphatic rings. The molecule has 15 heavy (non-hydrogen) atoms. The zero-order valence-corrected chi connectivity index (χ0v) is 10.2. The molecule has 0 aromatic carbocycles. The number of rotatable bonds is 7. The third kappa shape index (κ3) is 4.47. The van der Waals surface area contributed by atoms with Gasteiger partial charge in [0.15, 0.2) is 0 Å². The first kappa shape index (κ1) is 12.2. The molecule has 3 heteroatoms. The highest BCUT2D eigenvalue weighted by molar-refractivity contribution is 4.97. The van der Waals surface area contributed by atoms with Crippen LogP contribution in [0.2, 0.25) is 0 Å². The van der Waals surface area contributed by atoms with Gasteiger partial charge >= 0.3 is 0 Å². The Balaban J connectivity index is 2.35. The second kappa shape index (κ2) is 6.62. The minimum absolute atomic E-state index is 0.737. The monoisotopic (exact) mass is 209 g/mol. The van der Waals surface area contributed by atoms with Gasteiger partial charge in [-0.25, -0.2) is 4.98 Å². The number of nitrogens with one attached hydrogen (secondary N) is 1. The average Bonchev–Trinajstić information content (AvgIpc) is 2.66. The van der Waals surface area contributed by atoms with Gasteiger partial charge in [-0.1, -0.05) is 27.2 Å². The van der Waals surface area contributed by atoms with E-state index in [1.54, 1.807) is 0 Å². The molecule has 0 saturated heterocycles. The summed E-state index contributed by atoms with van der Waals surface area (Å²) < 4.78 is 2.20. The second-order valence-corrected chi connectivity index (χ2v) is 4.18. The third-order valence-corrected chi connectivity index (χ3v) is 2.71. The normalized spacial score (nSPS) is 13.0. The third-order valence-electron chi connectivity index (χ3n) is 2.71. The molecule has 1 aromatic heterocycles. The smallest absolute Gasteiger partial charge is 0.0949 e. The van der Waals surface area contributed by atoms with E-state index in [1.165, 1.54) is 12.1 Å². The van der Waals surface area contributed by atoms with Gasteiger partial charge in [0.25, 0.3) is 0 Å². The number of hydrogen-bond donors (Lipinski definition) is 1. The van der Waals surface area contributed by atoms with Crippen LogP contribution in [0.1, 0.15) is 32.9 Å². The average molecular weight is 209 g/mol. The van der Waals surface area contributed by atoms with Crippen molar-refractivity contribution in [1.82, 2.24) is 14.9 Å². The van der Waals surface area contributed by atoms with Crippen LogP contribution >= 0.6 is 0 Å². The summed E-state index contributed by atoms with van der Waals surface area (Å²) in [5.74, 6) is 0.737. The van der Waals surface area contributed by atoms with Crippen LogP contribution in [0.25, 0.3) is 0 Å². The Morgan fingerprint density at radius 3 is 2.93 bits per heavy atom. The van der Waals surface area contributed by atoms with Gasteiger partial charge < -0.3 is 9.88 Å². The lowest BCUT2D eigenvalue weighted by atomic mass is 10.1. The van der Waals surface area contributed by atoms with E-state index in [1.807, 2.05) is 6.33 Å². The van der Waals surface area contributed by atoms with Crippen LogP contribution in [-0.4, -0.2) is 22.6 Å². The largest absolute Gasteiger partial charge is 0.337 e. The summed E-state index contributed by atoms with van der Waals surface area (Å²) in [6, 6.07) is 0. The Kier molecular flexibility index (Phi) is 5.40. The molecular formula is C12H23N3. The summed E-state index contributed by atoms with van der Waals surface area (Å²) in [6.45, 7) is 9.78. The van der Waals surface area contributed by atoms with Gasteiger partial charge in [0.2, 0.25) is 0 Å². The van der Waals surface area contributed by atoms with Crippen molar-refractivity contribution in [3.05, 3.63) is 18.2 Å². The predicted molar refractivity (Wildman–Crippen MR) is 63.9 cm³/mol. The maximum absolute atomic E-state index is 4.40. The van der Waals surface area contributed by atoms with Crippen LogP contribution in [0.15, 0.2) is 12.5 Å². The number of imidazole rings is 1. The highest BCUT2D eigenvalue weighted by atomic mass is 15.0. The lowest BCUT2D eigenvalue weighted by molar-refractivity contribution is 0.468. The zero-order valence-electron chi connectivity index (χ0n) is 10.2. The molecule has 0 bridgehead atoms. The predicted octanol–water partition coefficient (Wildman–Crippen LogP) is 2.08. The van der Waals surface area contributed by atoms with Crippen molar-refractivity contribution in [2.45, 2.75) is 40.2 Å². The van der Waals surface area contributed by atoms with Gasteiger partial charge in [-0.15, -0.1) is 0 Å². The first-order chi connectivity index (χ1) is 7.26. The number of hydrogen-bond acceptors (Lipinski definition) is 2. The fourth-order valence-electron chi connectivity index (χ4n) is 1.52. The van der Waals surface area contributed by atoms with Crippen LogP contribution in [0.3, 0.4) is 0 Å². The molecule has 0 saturated carbocycles. The van der Waals surface area contributed by atoms with E-state index in [9.17, 15) is 0 Å². The Bertz CT molecular complexity index is 268. The van der Waals surface area contributed by atoms with E-state index in [0.717, 1.165) is 32.0 Å². The SMILES string of the molecule is CCNCCc1cn(CC(C)CC)cn1. The van der Waals surface area contributed by atoms with Crippen molar-refractivity contribution in [3.8, 4) is 0 Å². The topological polar surface area (TPSA) is 29.9 Å². The van der Waals surface area contributed by atoms with E-state index in [2.05, 4.69) is 41.8 Å². The molecule has 0 aliphatic carbocycles. The van der Waals surface area contributed by atoms with Gasteiger partial charge in [-0.2, -0.15) is 0 Å². The number of nitrogens with zero attached hydrogens (tertiary/aromatic N) is 2. The minimum Gasteiger partial charge on any atom is -0.337 e. The minimum atomic E-state index is 0.737. The van der Waals surface area contributed by atoms with Crippen LogP contribution in [0.5, 0.6) is 0 Å². The highest BCUT2D eigenvalue weighted by Crippen LogP contribution is 2.06. The van der Waals surface area contributed by atoms with E-state index >= 15 is 0 Å². The molecule has 0 radical (unpaired) electrons. The molecule has 1 unspecified atom stereocenters. The standard InChI is InChI=1S/C12H23N3/c1-4-11(3)8-15-9-12(14-10-15)6-7-13-5-2/h9-11,13H,4-8H2,1-3H3. The van der Waals surface area contributed by atoms with Crippen molar-refractivity contribution in [1.29, 1.82) is 0 Å². The summed E-state index contributed by atoms with van der Waals surface area (Å²) in [4.78, 5) is 4.40. The van der Waals surface area contributed by atoms with E-state index in [-0.39, 0.29) is 0 Å². The van der Waals surface area contributed by atoms with Gasteiger partial charge in [0.1, 0.15) is 0 Å². The first-order valence-electron chi connectivity index (χ1n) is 5.97. The lowest BCUT2D eigenvalue weighted by Gasteiger charge is -2.07. The van der Waals surface area contributed by atoms with Crippen molar-refractivity contribution in [3.63, 3.8) is 0 Å². The molecule has 1 rings (SSSR count). The summed E-state index contributed by atoms with van der Waals surface area (Å²) in [6.07, 6.45) is 6.38.